The van der Waals surface area contributed by atoms with Gasteiger partial charge in [-0.2, -0.15) is 0 Å². The Balaban J connectivity index is 1.34. The Morgan fingerprint density at radius 3 is 1.73 bits per heavy atom. The number of hydrogen-bond acceptors (Lipinski definition) is 24. The van der Waals surface area contributed by atoms with E-state index in [0.29, 0.717) is 12.8 Å². The Bertz CT molecular complexity index is 1510. The van der Waals surface area contributed by atoms with Crippen LogP contribution in [-0.2, 0) is 61.8 Å². The molecule has 0 aromatic carbocycles. The Kier molecular flexibility index (Phi) is 21.8. The monoisotopic (exact) mass is 960 g/mol. The summed E-state index contributed by atoms with van der Waals surface area (Å²) in [6.45, 7) is 10.2. The highest BCUT2D eigenvalue weighted by Gasteiger charge is 2.53. The maximum atomic E-state index is 13.3. The molecule has 24 nitrogen and oxygen atoms in total. The van der Waals surface area contributed by atoms with Crippen molar-refractivity contribution in [3.8, 4) is 0 Å². The maximum Gasteiger partial charge on any atom is 0.308 e. The molecule has 24 atom stereocenters. The van der Waals surface area contributed by atoms with Crippen molar-refractivity contribution in [2.24, 2.45) is 11.8 Å². The third kappa shape index (κ3) is 14.6. The summed E-state index contributed by atoms with van der Waals surface area (Å²) in [5, 5.41) is 116. The molecule has 4 aliphatic heterocycles. The van der Waals surface area contributed by atoms with Crippen molar-refractivity contribution >= 4 is 17.9 Å². The predicted octanol–water partition coefficient (Wildman–Crippen LogP) is -3.65. The first-order valence-electron chi connectivity index (χ1n) is 22.5. The molecule has 0 amide bonds. The van der Waals surface area contributed by atoms with Gasteiger partial charge in [-0.3, -0.25) is 14.4 Å². The van der Waals surface area contributed by atoms with Crippen LogP contribution in [0.15, 0.2) is 0 Å². The van der Waals surface area contributed by atoms with Crippen molar-refractivity contribution in [3.05, 3.63) is 0 Å². The van der Waals surface area contributed by atoms with Crippen molar-refractivity contribution < 1.29 is 118 Å². The number of rotatable bonds is 22. The normalized spacial score (nSPS) is 40.1. The number of hydrogen-bond donors (Lipinski definition) is 11. The van der Waals surface area contributed by atoms with Gasteiger partial charge in [0.25, 0.3) is 0 Å². The summed E-state index contributed by atoms with van der Waals surface area (Å²) in [4.78, 5) is 38.5. The Hall–Kier alpha value is -2.31. The highest BCUT2D eigenvalue weighted by molar-refractivity contribution is 5.71. The van der Waals surface area contributed by atoms with E-state index in [2.05, 4.69) is 0 Å². The molecule has 0 aromatic rings. The molecule has 24 heteroatoms. The quantitative estimate of drug-likeness (QED) is 0.0368. The number of ether oxygens (including phenoxy) is 10. The molecular formula is C42H72O24. The van der Waals surface area contributed by atoms with E-state index < -0.39 is 179 Å². The standard InChI is InChI=1S/C42H72O24/c1-8-16(3)24(61-27(48)12-22(46)11-25(17(4)9-2)62-41-33(54)30(51)26(14-43)63-41)10-21(45)13-28(49)64-37-19(6)59-42(60-20(7)44)38(35(37)56)66-40-34(55)31(52)36(18(5)58-40)65-39-32(53)29(50)23(47)15-57-39/h16-19,21-26,29-43,45-47,50-56H,8-15H2,1-7H3/t16-,17-,18?,19?,21-,22-,23?,24-,25-,26-,29-,30?,31+,32-,33?,34?,35?,36-,37+,38+,39?,40-,41+,42-/m0/s1. The van der Waals surface area contributed by atoms with Crippen LogP contribution in [0.5, 0.6) is 0 Å². The van der Waals surface area contributed by atoms with E-state index in [0.717, 1.165) is 6.92 Å². The molecule has 66 heavy (non-hydrogen) atoms. The molecule has 4 heterocycles. The second-order valence-corrected chi connectivity index (χ2v) is 17.8. The molecule has 384 valence electrons. The van der Waals surface area contributed by atoms with Gasteiger partial charge in [0.05, 0.1) is 56.6 Å². The number of esters is 3. The van der Waals surface area contributed by atoms with Crippen molar-refractivity contribution in [2.75, 3.05) is 13.2 Å². The first kappa shape index (κ1) is 56.3. The fourth-order valence-electron chi connectivity index (χ4n) is 8.07. The Labute approximate surface area is 382 Å². The zero-order valence-electron chi connectivity index (χ0n) is 38.2. The average molecular weight is 961 g/mol. The number of aliphatic hydroxyl groups excluding tert-OH is 11. The van der Waals surface area contributed by atoms with Crippen LogP contribution in [0.2, 0.25) is 0 Å². The van der Waals surface area contributed by atoms with Gasteiger partial charge in [0.2, 0.25) is 6.29 Å². The van der Waals surface area contributed by atoms with E-state index in [9.17, 15) is 70.6 Å². The minimum atomic E-state index is -1.92. The van der Waals surface area contributed by atoms with Gasteiger partial charge in [-0.25, -0.2) is 0 Å². The summed E-state index contributed by atoms with van der Waals surface area (Å²) in [7, 11) is 0. The lowest BCUT2D eigenvalue weighted by molar-refractivity contribution is -0.372. The van der Waals surface area contributed by atoms with Crippen LogP contribution in [0.1, 0.15) is 87.0 Å². The fourth-order valence-corrected chi connectivity index (χ4v) is 8.07. The summed E-state index contributed by atoms with van der Waals surface area (Å²) in [5.74, 6) is -3.19. The molecular weight excluding hydrogens is 888 g/mol. The van der Waals surface area contributed by atoms with Gasteiger partial charge in [0, 0.05) is 19.8 Å². The smallest absolute Gasteiger partial charge is 0.308 e. The molecule has 0 radical (unpaired) electrons. The van der Waals surface area contributed by atoms with Gasteiger partial charge in [-0.1, -0.05) is 40.5 Å². The fraction of sp³-hybridized carbons (Fsp3) is 0.929. The molecule has 0 aliphatic carbocycles. The summed E-state index contributed by atoms with van der Waals surface area (Å²) < 4.78 is 56.0. The molecule has 4 fully saturated rings. The first-order valence-corrected chi connectivity index (χ1v) is 22.5. The lowest BCUT2D eigenvalue weighted by Crippen LogP contribution is -2.65. The Morgan fingerprint density at radius 2 is 1.14 bits per heavy atom. The van der Waals surface area contributed by atoms with E-state index in [1.165, 1.54) is 13.8 Å². The van der Waals surface area contributed by atoms with Crippen molar-refractivity contribution in [3.63, 3.8) is 0 Å². The van der Waals surface area contributed by atoms with E-state index in [4.69, 9.17) is 47.4 Å². The molecule has 4 aliphatic rings. The summed E-state index contributed by atoms with van der Waals surface area (Å²) in [6.07, 6.45) is -32.0. The lowest BCUT2D eigenvalue weighted by Gasteiger charge is -2.47. The van der Waals surface area contributed by atoms with Crippen LogP contribution in [-0.4, -0.2) is 222 Å². The first-order chi connectivity index (χ1) is 31.0. The Morgan fingerprint density at radius 1 is 0.606 bits per heavy atom. The topological polar surface area (TPSA) is 366 Å². The maximum absolute atomic E-state index is 13.3. The highest BCUT2D eigenvalue weighted by Crippen LogP contribution is 2.34. The molecule has 8 unspecified atom stereocenters. The molecule has 0 saturated carbocycles. The highest BCUT2D eigenvalue weighted by atomic mass is 16.8. The molecule has 0 bridgehead atoms. The van der Waals surface area contributed by atoms with Crippen molar-refractivity contribution in [1.29, 1.82) is 0 Å². The summed E-state index contributed by atoms with van der Waals surface area (Å²) in [5.41, 5.74) is 0. The van der Waals surface area contributed by atoms with E-state index in [-0.39, 0.29) is 24.7 Å². The number of carbonyl (C=O) groups excluding carboxylic acids is 3. The minimum absolute atomic E-state index is 0.0755. The van der Waals surface area contributed by atoms with Gasteiger partial charge in [-0.15, -0.1) is 0 Å². The van der Waals surface area contributed by atoms with Crippen LogP contribution in [0, 0.1) is 11.8 Å². The van der Waals surface area contributed by atoms with Gasteiger partial charge in [0.15, 0.2) is 31.1 Å². The van der Waals surface area contributed by atoms with Gasteiger partial charge in [0.1, 0.15) is 67.1 Å². The number of aliphatic hydroxyl groups is 11. The number of carbonyl (C=O) groups is 3. The summed E-state index contributed by atoms with van der Waals surface area (Å²) >= 11 is 0. The second-order valence-electron chi connectivity index (χ2n) is 17.8. The van der Waals surface area contributed by atoms with Crippen LogP contribution in [0.4, 0.5) is 0 Å². The largest absolute Gasteiger partial charge is 0.462 e. The van der Waals surface area contributed by atoms with Crippen molar-refractivity contribution in [2.45, 2.75) is 222 Å². The van der Waals surface area contributed by atoms with Crippen LogP contribution in [0.25, 0.3) is 0 Å². The second kappa shape index (κ2) is 25.5. The molecule has 4 saturated heterocycles. The van der Waals surface area contributed by atoms with E-state index >= 15 is 0 Å². The minimum Gasteiger partial charge on any atom is -0.462 e. The van der Waals surface area contributed by atoms with Gasteiger partial charge < -0.3 is 104 Å². The van der Waals surface area contributed by atoms with Gasteiger partial charge in [-0.05, 0) is 25.7 Å². The molecule has 4 rings (SSSR count). The summed E-state index contributed by atoms with van der Waals surface area (Å²) in [6, 6.07) is 0. The van der Waals surface area contributed by atoms with E-state index in [1.807, 2.05) is 20.8 Å². The van der Waals surface area contributed by atoms with Crippen LogP contribution in [0.3, 0.4) is 0 Å². The lowest BCUT2D eigenvalue weighted by atomic mass is 9.94. The van der Waals surface area contributed by atoms with Crippen LogP contribution >= 0.6 is 0 Å². The predicted molar refractivity (Wildman–Crippen MR) is 218 cm³/mol. The third-order valence-electron chi connectivity index (χ3n) is 12.6. The molecule has 11 N–H and O–H groups in total. The third-order valence-corrected chi connectivity index (χ3v) is 12.6. The van der Waals surface area contributed by atoms with E-state index in [1.54, 1.807) is 6.92 Å². The zero-order valence-corrected chi connectivity index (χ0v) is 38.2. The SMILES string of the molecule is CC[C@H](C)[C@H](C[C@H](O)CC(=O)O[C@@H]1C(C)O[C@@H](OC(C)=O)[C@H](O[C@@H]2OC(C)[C@H](OC3OCC(O)[C@H](O)[C@@H]3O)[C@H](O)C2O)C1O)OC(=O)C[C@@H](O)C[C@H](O[C@@H]1O[C@@H](CO)C(O)C1O)[C@@H](C)CC. The average Bonchev–Trinajstić information content (AvgIpc) is 3.53. The molecule has 0 spiro atoms. The van der Waals surface area contributed by atoms with Crippen LogP contribution < -0.4 is 0 Å². The van der Waals surface area contributed by atoms with Gasteiger partial charge >= 0.3 is 17.9 Å². The zero-order chi connectivity index (χ0) is 49.3. The molecule has 0 aromatic heterocycles. The van der Waals surface area contributed by atoms with Crippen molar-refractivity contribution in [1.82, 2.24) is 0 Å².